The minimum atomic E-state index is -0.262. The van der Waals surface area contributed by atoms with Crippen LogP contribution >= 0.6 is 11.6 Å². The molecule has 0 atom stereocenters. The molecule has 5 nitrogen and oxygen atoms in total. The zero-order valence-electron chi connectivity index (χ0n) is 11.7. The van der Waals surface area contributed by atoms with Crippen LogP contribution in [0.1, 0.15) is 11.3 Å². The Morgan fingerprint density at radius 3 is 2.59 bits per heavy atom. The van der Waals surface area contributed by atoms with E-state index in [0.717, 1.165) is 10.9 Å². The molecule has 2 aromatic carbocycles. The van der Waals surface area contributed by atoms with Crippen molar-refractivity contribution in [2.75, 3.05) is 0 Å². The lowest BCUT2D eigenvalue weighted by Gasteiger charge is -2.06. The smallest absolute Gasteiger partial charge is 0.315 e. The second-order valence-electron chi connectivity index (χ2n) is 4.79. The van der Waals surface area contributed by atoms with Gasteiger partial charge in [-0.15, -0.1) is 0 Å². The van der Waals surface area contributed by atoms with Crippen LogP contribution in [0.25, 0.3) is 11.0 Å². The molecule has 0 spiro atoms. The first-order chi connectivity index (χ1) is 10.7. The Morgan fingerprint density at radius 1 is 1.05 bits per heavy atom. The van der Waals surface area contributed by atoms with Gasteiger partial charge in [0.1, 0.15) is 5.69 Å². The van der Waals surface area contributed by atoms with Crippen molar-refractivity contribution in [1.29, 1.82) is 0 Å². The maximum absolute atomic E-state index is 11.8. The molecule has 3 aromatic rings. The molecule has 0 aliphatic heterocycles. The average Bonchev–Trinajstić information content (AvgIpc) is 2.96. The van der Waals surface area contributed by atoms with Gasteiger partial charge in [0.15, 0.2) is 5.58 Å². The van der Waals surface area contributed by atoms with Crippen molar-refractivity contribution in [3.8, 4) is 0 Å². The van der Waals surface area contributed by atoms with E-state index in [0.29, 0.717) is 29.4 Å². The third-order valence-corrected chi connectivity index (χ3v) is 3.49. The topological polar surface area (TPSA) is 67.2 Å². The molecule has 0 fully saturated rings. The van der Waals surface area contributed by atoms with Gasteiger partial charge in [-0.3, -0.25) is 0 Å². The maximum atomic E-state index is 11.8. The van der Waals surface area contributed by atoms with E-state index in [1.165, 1.54) is 0 Å². The summed E-state index contributed by atoms with van der Waals surface area (Å²) in [7, 11) is 0. The fourth-order valence-electron chi connectivity index (χ4n) is 2.08. The summed E-state index contributed by atoms with van der Waals surface area (Å²) in [5.74, 6) is 0. The quantitative estimate of drug-likeness (QED) is 0.774. The molecule has 22 heavy (non-hydrogen) atoms. The number of amides is 2. The predicted molar refractivity (Wildman–Crippen MR) is 84.5 cm³/mol. The maximum Gasteiger partial charge on any atom is 0.315 e. The highest BCUT2D eigenvalue weighted by Gasteiger charge is 2.08. The summed E-state index contributed by atoms with van der Waals surface area (Å²) in [4.78, 5) is 11.8. The average molecular weight is 316 g/mol. The van der Waals surface area contributed by atoms with Gasteiger partial charge in [-0.1, -0.05) is 41.0 Å². The molecular weight excluding hydrogens is 302 g/mol. The molecule has 1 heterocycles. The number of hydrogen-bond donors (Lipinski definition) is 2. The van der Waals surface area contributed by atoms with E-state index >= 15 is 0 Å². The fraction of sp³-hybridized carbons (Fsp3) is 0.125. The highest BCUT2D eigenvalue weighted by atomic mass is 35.5. The number of aromatic nitrogens is 1. The first-order valence-electron chi connectivity index (χ1n) is 6.82. The number of hydrogen-bond acceptors (Lipinski definition) is 3. The van der Waals surface area contributed by atoms with Crippen LogP contribution in [-0.2, 0) is 13.1 Å². The van der Waals surface area contributed by atoms with Crippen molar-refractivity contribution in [2.45, 2.75) is 13.1 Å². The SMILES string of the molecule is O=C(NCc1ccc(Cl)cc1)NCc1noc2ccccc12. The summed E-state index contributed by atoms with van der Waals surface area (Å²) >= 11 is 5.81. The highest BCUT2D eigenvalue weighted by molar-refractivity contribution is 6.30. The zero-order valence-corrected chi connectivity index (χ0v) is 12.4. The Labute approximate surface area is 132 Å². The van der Waals surface area contributed by atoms with Gasteiger partial charge in [0.05, 0.1) is 6.54 Å². The van der Waals surface area contributed by atoms with Crippen molar-refractivity contribution in [3.05, 3.63) is 64.8 Å². The number of nitrogens with one attached hydrogen (secondary N) is 2. The number of fused-ring (bicyclic) bond motifs is 1. The normalized spacial score (nSPS) is 10.6. The van der Waals surface area contributed by atoms with Crippen LogP contribution in [0.4, 0.5) is 4.79 Å². The minimum absolute atomic E-state index is 0.262. The molecule has 0 unspecified atom stereocenters. The van der Waals surface area contributed by atoms with Crippen LogP contribution in [0.2, 0.25) is 5.02 Å². The Hall–Kier alpha value is -2.53. The number of para-hydroxylation sites is 1. The van der Waals surface area contributed by atoms with Crippen LogP contribution in [0.5, 0.6) is 0 Å². The number of carbonyl (C=O) groups is 1. The van der Waals surface area contributed by atoms with Gasteiger partial charge in [-0.05, 0) is 29.8 Å². The van der Waals surface area contributed by atoms with Crippen molar-refractivity contribution in [2.24, 2.45) is 0 Å². The predicted octanol–water partition coefficient (Wildman–Crippen LogP) is 3.48. The zero-order chi connectivity index (χ0) is 15.4. The summed E-state index contributed by atoms with van der Waals surface area (Å²) in [6.07, 6.45) is 0. The van der Waals surface area contributed by atoms with Crippen molar-refractivity contribution < 1.29 is 9.32 Å². The van der Waals surface area contributed by atoms with Crippen LogP contribution in [-0.4, -0.2) is 11.2 Å². The third-order valence-electron chi connectivity index (χ3n) is 3.23. The second kappa shape index (κ2) is 6.49. The van der Waals surface area contributed by atoms with E-state index in [2.05, 4.69) is 15.8 Å². The Bertz CT molecular complexity index is 783. The number of urea groups is 1. The molecule has 2 amide bonds. The van der Waals surface area contributed by atoms with Crippen LogP contribution in [0.15, 0.2) is 53.1 Å². The first kappa shape index (κ1) is 14.4. The third kappa shape index (κ3) is 3.38. The fourth-order valence-corrected chi connectivity index (χ4v) is 2.20. The molecule has 3 rings (SSSR count). The summed E-state index contributed by atoms with van der Waals surface area (Å²) in [6, 6.07) is 14.6. The number of carbonyl (C=O) groups excluding carboxylic acids is 1. The van der Waals surface area contributed by atoms with Crippen molar-refractivity contribution >= 4 is 28.6 Å². The van der Waals surface area contributed by atoms with E-state index in [-0.39, 0.29) is 6.03 Å². The molecule has 2 N–H and O–H groups in total. The molecule has 112 valence electrons. The summed E-state index contributed by atoms with van der Waals surface area (Å²) in [5.41, 5.74) is 2.39. The number of halogens is 1. The number of rotatable bonds is 4. The van der Waals surface area contributed by atoms with E-state index in [4.69, 9.17) is 16.1 Å². The number of nitrogens with zero attached hydrogens (tertiary/aromatic N) is 1. The van der Waals surface area contributed by atoms with Crippen LogP contribution in [0.3, 0.4) is 0 Å². The van der Waals surface area contributed by atoms with Crippen molar-refractivity contribution in [1.82, 2.24) is 15.8 Å². The Balaban J connectivity index is 1.53. The van der Waals surface area contributed by atoms with Crippen molar-refractivity contribution in [3.63, 3.8) is 0 Å². The van der Waals surface area contributed by atoms with Gasteiger partial charge in [-0.25, -0.2) is 4.79 Å². The summed E-state index contributed by atoms with van der Waals surface area (Å²) in [6.45, 7) is 0.742. The highest BCUT2D eigenvalue weighted by Crippen LogP contribution is 2.17. The van der Waals surface area contributed by atoms with E-state index in [1.807, 2.05) is 36.4 Å². The molecule has 0 saturated carbocycles. The van der Waals surface area contributed by atoms with Gasteiger partial charge < -0.3 is 15.2 Å². The Kier molecular flexibility index (Phi) is 4.25. The number of benzene rings is 2. The van der Waals surface area contributed by atoms with E-state index < -0.39 is 0 Å². The molecule has 0 aliphatic rings. The van der Waals surface area contributed by atoms with Crippen LogP contribution in [0, 0.1) is 0 Å². The molecule has 0 bridgehead atoms. The monoisotopic (exact) mass is 315 g/mol. The largest absolute Gasteiger partial charge is 0.356 e. The molecule has 6 heteroatoms. The molecule has 0 aliphatic carbocycles. The molecule has 0 radical (unpaired) electrons. The second-order valence-corrected chi connectivity index (χ2v) is 5.22. The lowest BCUT2D eigenvalue weighted by molar-refractivity contribution is 0.240. The van der Waals surface area contributed by atoms with E-state index in [1.54, 1.807) is 12.1 Å². The van der Waals surface area contributed by atoms with Gasteiger partial charge in [-0.2, -0.15) is 0 Å². The van der Waals surface area contributed by atoms with Gasteiger partial charge in [0.25, 0.3) is 0 Å². The van der Waals surface area contributed by atoms with Gasteiger partial charge >= 0.3 is 6.03 Å². The van der Waals surface area contributed by atoms with Crippen LogP contribution < -0.4 is 10.6 Å². The molecule has 1 aromatic heterocycles. The lowest BCUT2D eigenvalue weighted by atomic mass is 10.2. The minimum Gasteiger partial charge on any atom is -0.356 e. The van der Waals surface area contributed by atoms with Gasteiger partial charge in [0.2, 0.25) is 0 Å². The lowest BCUT2D eigenvalue weighted by Crippen LogP contribution is -2.34. The Morgan fingerprint density at radius 2 is 1.77 bits per heavy atom. The van der Waals surface area contributed by atoms with E-state index in [9.17, 15) is 4.79 Å². The molecular formula is C16H14ClN3O2. The standard InChI is InChI=1S/C16H14ClN3O2/c17-12-7-5-11(6-8-12)9-18-16(21)19-10-14-13-3-1-2-4-15(13)22-20-14/h1-8H,9-10H2,(H2,18,19,21). The summed E-state index contributed by atoms with van der Waals surface area (Å²) < 4.78 is 5.19. The summed E-state index contributed by atoms with van der Waals surface area (Å²) in [5, 5.41) is 11.1. The molecule has 0 saturated heterocycles. The van der Waals surface area contributed by atoms with Gasteiger partial charge in [0, 0.05) is 17.0 Å². The first-order valence-corrected chi connectivity index (χ1v) is 7.19.